The van der Waals surface area contributed by atoms with E-state index in [0.29, 0.717) is 17.6 Å². The summed E-state index contributed by atoms with van der Waals surface area (Å²) in [5.74, 6) is 0.567. The van der Waals surface area contributed by atoms with Gasteiger partial charge in [0.2, 0.25) is 0 Å². The molecule has 2 amide bonds. The molecule has 0 spiro atoms. The summed E-state index contributed by atoms with van der Waals surface area (Å²) in [6, 6.07) is 0.309. The van der Waals surface area contributed by atoms with Crippen LogP contribution in [0.4, 0.5) is 0 Å². The van der Waals surface area contributed by atoms with Crippen LogP contribution in [-0.4, -0.2) is 56.8 Å². The Hall–Kier alpha value is -1.85. The maximum atomic E-state index is 13.4. The Morgan fingerprint density at radius 2 is 1.67 bits per heavy atom. The Morgan fingerprint density at radius 3 is 2.44 bits per heavy atom. The zero-order chi connectivity index (χ0) is 18.8. The Balaban J connectivity index is 1.65. The summed E-state index contributed by atoms with van der Waals surface area (Å²) >= 11 is 0. The predicted molar refractivity (Wildman–Crippen MR) is 104 cm³/mol. The minimum Gasteiger partial charge on any atom is -0.337 e. The number of hydrogen-bond donors (Lipinski definition) is 0. The van der Waals surface area contributed by atoms with Gasteiger partial charge in [0.15, 0.2) is 5.82 Å². The van der Waals surface area contributed by atoms with Crippen LogP contribution >= 0.6 is 0 Å². The van der Waals surface area contributed by atoms with Crippen LogP contribution in [0.5, 0.6) is 0 Å². The largest absolute Gasteiger partial charge is 0.337 e. The van der Waals surface area contributed by atoms with Crippen molar-refractivity contribution in [2.24, 2.45) is 0 Å². The molecule has 6 heteroatoms. The van der Waals surface area contributed by atoms with E-state index in [2.05, 4.69) is 11.5 Å². The van der Waals surface area contributed by atoms with Crippen molar-refractivity contribution >= 4 is 11.8 Å². The summed E-state index contributed by atoms with van der Waals surface area (Å²) in [6.45, 7) is 5.41. The van der Waals surface area contributed by atoms with Gasteiger partial charge in [-0.1, -0.05) is 6.92 Å². The van der Waals surface area contributed by atoms with Crippen LogP contribution in [0.15, 0.2) is 0 Å². The van der Waals surface area contributed by atoms with Crippen LogP contribution in [0.1, 0.15) is 91.5 Å². The number of carbonyl (C=O) groups is 2. The number of carbonyl (C=O) groups excluding carboxylic acids is 2. The normalized spacial score (nSPS) is 23.2. The maximum absolute atomic E-state index is 13.4. The van der Waals surface area contributed by atoms with Gasteiger partial charge in [0.05, 0.1) is 5.69 Å². The molecule has 1 unspecified atom stereocenters. The molecule has 0 saturated carbocycles. The van der Waals surface area contributed by atoms with Gasteiger partial charge in [0.1, 0.15) is 5.69 Å². The van der Waals surface area contributed by atoms with Crippen molar-refractivity contribution in [2.45, 2.75) is 83.7 Å². The molecule has 3 aliphatic heterocycles. The van der Waals surface area contributed by atoms with Crippen molar-refractivity contribution in [3.63, 3.8) is 0 Å². The molecule has 1 aromatic heterocycles. The fourth-order valence-electron chi connectivity index (χ4n) is 4.95. The van der Waals surface area contributed by atoms with Crippen LogP contribution in [0.2, 0.25) is 0 Å². The highest BCUT2D eigenvalue weighted by molar-refractivity contribution is 5.97. The predicted octanol–water partition coefficient (Wildman–Crippen LogP) is 3.25. The second kappa shape index (κ2) is 8.03. The highest BCUT2D eigenvalue weighted by Gasteiger charge is 2.34. The summed E-state index contributed by atoms with van der Waals surface area (Å²) in [4.78, 5) is 35.1. The molecule has 0 bridgehead atoms. The Kier molecular flexibility index (Phi) is 5.50. The molecular weight excluding hydrogens is 340 g/mol. The van der Waals surface area contributed by atoms with Crippen molar-refractivity contribution in [3.05, 3.63) is 17.2 Å². The van der Waals surface area contributed by atoms with E-state index in [4.69, 9.17) is 4.98 Å². The van der Waals surface area contributed by atoms with E-state index in [0.717, 1.165) is 83.2 Å². The number of rotatable bonds is 3. The second-order valence-corrected chi connectivity index (χ2v) is 8.25. The first kappa shape index (κ1) is 18.5. The maximum Gasteiger partial charge on any atom is 0.290 e. The molecular formula is C21H32N4O2. The molecule has 0 aliphatic carbocycles. The van der Waals surface area contributed by atoms with Gasteiger partial charge in [0.25, 0.3) is 11.8 Å². The Morgan fingerprint density at radius 1 is 0.926 bits per heavy atom. The average Bonchev–Trinajstić information content (AvgIpc) is 3.13. The number of imidazole rings is 1. The summed E-state index contributed by atoms with van der Waals surface area (Å²) in [7, 11) is 0. The number of amides is 2. The lowest BCUT2D eigenvalue weighted by atomic mass is 10.00. The van der Waals surface area contributed by atoms with Crippen LogP contribution in [-0.2, 0) is 13.0 Å². The minimum atomic E-state index is 0.0300. The molecule has 1 aromatic rings. The van der Waals surface area contributed by atoms with E-state index in [1.165, 1.54) is 12.8 Å². The zero-order valence-electron chi connectivity index (χ0n) is 16.6. The number of fused-ring (bicyclic) bond motifs is 1. The van der Waals surface area contributed by atoms with E-state index >= 15 is 0 Å². The number of likely N-dealkylation sites (tertiary alicyclic amines) is 2. The van der Waals surface area contributed by atoms with Gasteiger partial charge in [-0.25, -0.2) is 4.98 Å². The van der Waals surface area contributed by atoms with E-state index < -0.39 is 0 Å². The van der Waals surface area contributed by atoms with Crippen molar-refractivity contribution in [3.8, 4) is 0 Å². The lowest BCUT2D eigenvalue weighted by molar-refractivity contribution is 0.0589. The third-order valence-electron chi connectivity index (χ3n) is 6.51. The molecule has 2 fully saturated rings. The summed E-state index contributed by atoms with van der Waals surface area (Å²) in [5.41, 5.74) is 1.54. The van der Waals surface area contributed by atoms with Crippen molar-refractivity contribution < 1.29 is 9.59 Å². The van der Waals surface area contributed by atoms with Crippen molar-refractivity contribution in [1.82, 2.24) is 19.4 Å². The minimum absolute atomic E-state index is 0.0300. The fourth-order valence-corrected chi connectivity index (χ4v) is 4.95. The molecule has 3 aliphatic rings. The zero-order valence-corrected chi connectivity index (χ0v) is 16.6. The van der Waals surface area contributed by atoms with Gasteiger partial charge in [-0.05, 0) is 64.2 Å². The molecule has 4 rings (SSSR count). The summed E-state index contributed by atoms with van der Waals surface area (Å²) < 4.78 is 2.06. The standard InChI is InChI=1S/C21H32N4O2/c1-2-16-10-4-8-14-24(16)21(27)19-22-18(17-11-5-9-15-25(17)19)20(26)23-12-6-3-7-13-23/h16H,2-15H2,1H3. The van der Waals surface area contributed by atoms with Crippen LogP contribution in [0.3, 0.4) is 0 Å². The van der Waals surface area contributed by atoms with Gasteiger partial charge in [-0.15, -0.1) is 0 Å². The topological polar surface area (TPSA) is 58.4 Å². The third kappa shape index (κ3) is 3.50. The van der Waals surface area contributed by atoms with Crippen molar-refractivity contribution in [1.29, 1.82) is 0 Å². The Bertz CT molecular complexity index is 705. The number of nitrogens with zero attached hydrogens (tertiary/aromatic N) is 4. The summed E-state index contributed by atoms with van der Waals surface area (Å²) in [5, 5.41) is 0. The number of aromatic nitrogens is 2. The second-order valence-electron chi connectivity index (χ2n) is 8.25. The molecule has 1 atom stereocenters. The van der Waals surface area contributed by atoms with Gasteiger partial charge in [-0.2, -0.15) is 0 Å². The molecule has 0 N–H and O–H groups in total. The number of hydrogen-bond acceptors (Lipinski definition) is 3. The highest BCUT2D eigenvalue weighted by atomic mass is 16.2. The molecule has 27 heavy (non-hydrogen) atoms. The van der Waals surface area contributed by atoms with Gasteiger partial charge in [0, 0.05) is 32.2 Å². The molecule has 0 radical (unpaired) electrons. The van der Waals surface area contributed by atoms with Gasteiger partial charge in [-0.3, -0.25) is 9.59 Å². The summed E-state index contributed by atoms with van der Waals surface area (Å²) in [6.07, 6.45) is 10.6. The quantitative estimate of drug-likeness (QED) is 0.818. The first-order chi connectivity index (χ1) is 13.2. The lowest BCUT2D eigenvalue weighted by Gasteiger charge is -2.35. The fraction of sp³-hybridized carbons (Fsp3) is 0.762. The van der Waals surface area contributed by atoms with Gasteiger partial charge < -0.3 is 14.4 Å². The van der Waals surface area contributed by atoms with Crippen LogP contribution in [0.25, 0.3) is 0 Å². The lowest BCUT2D eigenvalue weighted by Crippen LogP contribution is -2.44. The molecule has 2 saturated heterocycles. The smallest absolute Gasteiger partial charge is 0.290 e. The van der Waals surface area contributed by atoms with Crippen LogP contribution in [0, 0.1) is 0 Å². The van der Waals surface area contributed by atoms with E-state index in [1.807, 2.05) is 9.80 Å². The molecule has 6 nitrogen and oxygen atoms in total. The average molecular weight is 373 g/mol. The van der Waals surface area contributed by atoms with Crippen molar-refractivity contribution in [2.75, 3.05) is 19.6 Å². The van der Waals surface area contributed by atoms with Crippen LogP contribution < -0.4 is 0 Å². The third-order valence-corrected chi connectivity index (χ3v) is 6.51. The van der Waals surface area contributed by atoms with Gasteiger partial charge >= 0.3 is 0 Å². The number of piperidine rings is 2. The SMILES string of the molecule is CCC1CCCCN1C(=O)c1nc(C(=O)N2CCCCC2)c2n1CCCC2. The monoisotopic (exact) mass is 372 g/mol. The molecule has 148 valence electrons. The first-order valence-electron chi connectivity index (χ1n) is 10.9. The molecule has 4 heterocycles. The van der Waals surface area contributed by atoms with E-state index in [1.54, 1.807) is 0 Å². The van der Waals surface area contributed by atoms with E-state index in [9.17, 15) is 9.59 Å². The van der Waals surface area contributed by atoms with E-state index in [-0.39, 0.29) is 11.8 Å². The Labute approximate surface area is 161 Å². The highest BCUT2D eigenvalue weighted by Crippen LogP contribution is 2.27. The molecule has 0 aromatic carbocycles. The first-order valence-corrected chi connectivity index (χ1v) is 10.9.